The molecule has 8 heteroatoms. The average Bonchev–Trinajstić information content (AvgIpc) is 3.00. The van der Waals surface area contributed by atoms with Gasteiger partial charge in [-0.05, 0) is 30.2 Å². The van der Waals surface area contributed by atoms with E-state index < -0.39 is 15.1 Å². The number of hydrogen-bond donors (Lipinski definition) is 0. The van der Waals surface area contributed by atoms with Gasteiger partial charge in [0.1, 0.15) is 5.69 Å². The van der Waals surface area contributed by atoms with Crippen LogP contribution in [0, 0.1) is 0 Å². The Morgan fingerprint density at radius 2 is 1.89 bits per heavy atom. The molecule has 1 aliphatic rings. The number of carbonyl (C=O) groups is 1. The Balaban J connectivity index is 1.53. The molecule has 0 aliphatic carbocycles. The number of fused-ring (bicyclic) bond motifs is 1. The number of aromatic nitrogens is 1. The SMILES string of the molecule is O=C(Cc1noc2ccccc12)N1CCC(c2ccccc2Cl)S(=O)(=O)CC1. The molecule has 0 N–H and O–H groups in total. The molecule has 146 valence electrons. The summed E-state index contributed by atoms with van der Waals surface area (Å²) >= 11 is 6.22. The topological polar surface area (TPSA) is 80.5 Å². The Hall–Kier alpha value is -2.38. The fourth-order valence-corrected chi connectivity index (χ4v) is 5.75. The van der Waals surface area contributed by atoms with E-state index in [2.05, 4.69) is 5.16 Å². The zero-order valence-electron chi connectivity index (χ0n) is 15.0. The van der Waals surface area contributed by atoms with E-state index in [0.29, 0.717) is 34.8 Å². The predicted octanol–water partition coefficient (Wildman–Crippen LogP) is 3.41. The van der Waals surface area contributed by atoms with Crippen LogP contribution >= 0.6 is 11.6 Å². The number of amides is 1. The van der Waals surface area contributed by atoms with E-state index in [-0.39, 0.29) is 24.6 Å². The van der Waals surface area contributed by atoms with Gasteiger partial charge in [0.2, 0.25) is 5.91 Å². The number of hydrogen-bond acceptors (Lipinski definition) is 5. The Morgan fingerprint density at radius 3 is 2.71 bits per heavy atom. The molecule has 0 saturated carbocycles. The molecule has 1 atom stereocenters. The Kier molecular flexibility index (Phi) is 5.12. The number of para-hydroxylation sites is 1. The van der Waals surface area contributed by atoms with Crippen molar-refractivity contribution in [2.24, 2.45) is 0 Å². The van der Waals surface area contributed by atoms with Gasteiger partial charge in [0.25, 0.3) is 0 Å². The zero-order chi connectivity index (χ0) is 19.7. The van der Waals surface area contributed by atoms with Gasteiger partial charge in [-0.2, -0.15) is 0 Å². The van der Waals surface area contributed by atoms with Crippen LogP contribution in [0.1, 0.15) is 22.9 Å². The maximum absolute atomic E-state index is 12.8. The van der Waals surface area contributed by atoms with Gasteiger partial charge in [-0.3, -0.25) is 4.79 Å². The maximum Gasteiger partial charge on any atom is 0.228 e. The molecule has 2 aromatic carbocycles. The van der Waals surface area contributed by atoms with E-state index in [1.807, 2.05) is 18.2 Å². The number of rotatable bonds is 3. The van der Waals surface area contributed by atoms with Gasteiger partial charge in [-0.25, -0.2) is 8.42 Å². The van der Waals surface area contributed by atoms with Crippen molar-refractivity contribution in [2.75, 3.05) is 18.8 Å². The molecule has 0 bridgehead atoms. The van der Waals surface area contributed by atoms with Crippen molar-refractivity contribution in [2.45, 2.75) is 18.1 Å². The summed E-state index contributed by atoms with van der Waals surface area (Å²) in [5.74, 6) is -0.247. The lowest BCUT2D eigenvalue weighted by Gasteiger charge is -2.19. The second kappa shape index (κ2) is 7.56. The van der Waals surface area contributed by atoms with Crippen molar-refractivity contribution >= 4 is 38.3 Å². The summed E-state index contributed by atoms with van der Waals surface area (Å²) in [5, 5.41) is 4.53. The first-order valence-electron chi connectivity index (χ1n) is 9.03. The molecular formula is C20H19ClN2O4S. The Bertz CT molecular complexity index is 1130. The summed E-state index contributed by atoms with van der Waals surface area (Å²) in [4.78, 5) is 14.4. The molecule has 28 heavy (non-hydrogen) atoms. The second-order valence-electron chi connectivity index (χ2n) is 6.85. The van der Waals surface area contributed by atoms with Crippen LogP contribution < -0.4 is 0 Å². The van der Waals surface area contributed by atoms with Crippen molar-refractivity contribution in [1.82, 2.24) is 10.1 Å². The molecule has 4 rings (SSSR count). The smallest absolute Gasteiger partial charge is 0.228 e. The third kappa shape index (κ3) is 3.64. The summed E-state index contributed by atoms with van der Waals surface area (Å²) in [6.45, 7) is 0.516. The summed E-state index contributed by atoms with van der Waals surface area (Å²) in [6, 6.07) is 14.3. The third-order valence-electron chi connectivity index (χ3n) is 5.12. The molecular weight excluding hydrogens is 400 g/mol. The molecule has 3 aromatic rings. The van der Waals surface area contributed by atoms with Gasteiger partial charge in [0.15, 0.2) is 15.4 Å². The minimum absolute atomic E-state index is 0.0772. The lowest BCUT2D eigenvalue weighted by molar-refractivity contribution is -0.130. The molecule has 1 aromatic heterocycles. The van der Waals surface area contributed by atoms with Gasteiger partial charge in [0, 0.05) is 23.5 Å². The lowest BCUT2D eigenvalue weighted by atomic mass is 10.1. The molecule has 1 amide bonds. The van der Waals surface area contributed by atoms with E-state index in [4.69, 9.17) is 16.1 Å². The number of sulfone groups is 1. The largest absolute Gasteiger partial charge is 0.356 e. The predicted molar refractivity (Wildman–Crippen MR) is 107 cm³/mol. The van der Waals surface area contributed by atoms with Crippen LogP contribution in [0.5, 0.6) is 0 Å². The molecule has 1 aliphatic heterocycles. The highest BCUT2D eigenvalue weighted by atomic mass is 35.5. The fraction of sp³-hybridized carbons (Fsp3) is 0.300. The first-order valence-corrected chi connectivity index (χ1v) is 11.1. The lowest BCUT2D eigenvalue weighted by Crippen LogP contribution is -2.34. The van der Waals surface area contributed by atoms with Crippen molar-refractivity contribution in [3.8, 4) is 0 Å². The highest BCUT2D eigenvalue weighted by Crippen LogP contribution is 2.34. The zero-order valence-corrected chi connectivity index (χ0v) is 16.6. The highest BCUT2D eigenvalue weighted by Gasteiger charge is 2.33. The van der Waals surface area contributed by atoms with E-state index >= 15 is 0 Å². The highest BCUT2D eigenvalue weighted by molar-refractivity contribution is 7.91. The van der Waals surface area contributed by atoms with E-state index in [1.54, 1.807) is 35.2 Å². The third-order valence-corrected chi connectivity index (χ3v) is 7.57. The van der Waals surface area contributed by atoms with E-state index in [1.165, 1.54) is 0 Å². The van der Waals surface area contributed by atoms with Gasteiger partial charge < -0.3 is 9.42 Å². The molecule has 1 fully saturated rings. The number of nitrogens with zero attached hydrogens (tertiary/aromatic N) is 2. The van der Waals surface area contributed by atoms with Gasteiger partial charge in [-0.1, -0.05) is 47.1 Å². The van der Waals surface area contributed by atoms with Crippen LogP contribution in [0.4, 0.5) is 0 Å². The normalized spacial score (nSPS) is 19.5. The van der Waals surface area contributed by atoms with Crippen molar-refractivity contribution < 1.29 is 17.7 Å². The first-order chi connectivity index (χ1) is 13.5. The molecule has 6 nitrogen and oxygen atoms in total. The number of carbonyl (C=O) groups excluding carboxylic acids is 1. The summed E-state index contributed by atoms with van der Waals surface area (Å²) < 4.78 is 30.8. The Labute approximate surface area is 168 Å². The Morgan fingerprint density at radius 1 is 1.14 bits per heavy atom. The van der Waals surface area contributed by atoms with Crippen LogP contribution in [0.2, 0.25) is 5.02 Å². The first kappa shape index (κ1) is 19.0. The molecule has 1 unspecified atom stereocenters. The molecule has 0 spiro atoms. The maximum atomic E-state index is 12.8. The van der Waals surface area contributed by atoms with Crippen molar-refractivity contribution in [1.29, 1.82) is 0 Å². The van der Waals surface area contributed by atoms with E-state index in [9.17, 15) is 13.2 Å². The number of halogens is 1. The van der Waals surface area contributed by atoms with Crippen LogP contribution in [0.15, 0.2) is 53.1 Å². The minimum Gasteiger partial charge on any atom is -0.356 e. The van der Waals surface area contributed by atoms with Crippen LogP contribution in [0.3, 0.4) is 0 Å². The average molecular weight is 419 g/mol. The molecule has 0 radical (unpaired) electrons. The standard InChI is InChI=1S/C20H19ClN2O4S/c21-16-7-3-1-5-14(16)19-9-10-23(11-12-28(19,25)26)20(24)13-17-15-6-2-4-8-18(15)27-22-17/h1-8,19H,9-13H2. The molecule has 2 heterocycles. The minimum atomic E-state index is -3.41. The van der Waals surface area contributed by atoms with Crippen LogP contribution in [-0.4, -0.2) is 43.2 Å². The van der Waals surface area contributed by atoms with Gasteiger partial charge in [0.05, 0.1) is 17.4 Å². The quantitative estimate of drug-likeness (QED) is 0.651. The van der Waals surface area contributed by atoms with Gasteiger partial charge >= 0.3 is 0 Å². The van der Waals surface area contributed by atoms with E-state index in [0.717, 1.165) is 5.39 Å². The summed E-state index contributed by atoms with van der Waals surface area (Å²) in [5.41, 5.74) is 1.79. The summed E-state index contributed by atoms with van der Waals surface area (Å²) in [6.07, 6.45) is 0.394. The van der Waals surface area contributed by atoms with Crippen LogP contribution in [0.25, 0.3) is 11.0 Å². The monoisotopic (exact) mass is 418 g/mol. The second-order valence-corrected chi connectivity index (χ2v) is 9.56. The summed E-state index contributed by atoms with van der Waals surface area (Å²) in [7, 11) is -3.41. The van der Waals surface area contributed by atoms with Crippen LogP contribution in [-0.2, 0) is 21.1 Å². The van der Waals surface area contributed by atoms with Gasteiger partial charge in [-0.15, -0.1) is 0 Å². The number of benzene rings is 2. The van der Waals surface area contributed by atoms with Crippen molar-refractivity contribution in [3.05, 3.63) is 64.8 Å². The molecule has 1 saturated heterocycles. The van der Waals surface area contributed by atoms with Crippen molar-refractivity contribution in [3.63, 3.8) is 0 Å². The fourth-order valence-electron chi connectivity index (χ4n) is 3.60.